The number of hydrogen-bond acceptors (Lipinski definition) is 6. The first kappa shape index (κ1) is 19.3. The zero-order valence-electron chi connectivity index (χ0n) is 15.6. The summed E-state index contributed by atoms with van der Waals surface area (Å²) in [4.78, 5) is 17.2. The molecule has 3 aromatic rings. The molecule has 1 aliphatic rings. The van der Waals surface area contributed by atoms with Crippen molar-refractivity contribution in [2.45, 2.75) is 19.1 Å². The number of rotatable bonds is 5. The SMILES string of the molecule is CCOc1cc(-c2ccc(N3C[C@@H](O)[C@@H](NC(=O)O)C3)nc2)c2c(Cl)cnn2c1. The summed E-state index contributed by atoms with van der Waals surface area (Å²) < 4.78 is 7.31. The fourth-order valence-corrected chi connectivity index (χ4v) is 3.76. The van der Waals surface area contributed by atoms with Crippen LogP contribution in [-0.4, -0.2) is 62.7 Å². The number of nitrogens with zero attached hydrogens (tertiary/aromatic N) is 4. The Balaban J connectivity index is 1.63. The van der Waals surface area contributed by atoms with Crippen molar-refractivity contribution in [2.24, 2.45) is 0 Å². The molecule has 1 saturated heterocycles. The van der Waals surface area contributed by atoms with Gasteiger partial charge in [0.1, 0.15) is 11.6 Å². The van der Waals surface area contributed by atoms with Crippen molar-refractivity contribution in [3.8, 4) is 16.9 Å². The fraction of sp³-hybridized carbons (Fsp3) is 0.316. The predicted octanol–water partition coefficient (Wildman–Crippen LogP) is 2.27. The van der Waals surface area contributed by atoms with Crippen LogP contribution in [0.5, 0.6) is 5.75 Å². The Hall–Kier alpha value is -3.04. The average Bonchev–Trinajstić information content (AvgIpc) is 3.24. The van der Waals surface area contributed by atoms with Crippen molar-refractivity contribution in [3.05, 3.63) is 41.8 Å². The Morgan fingerprint density at radius 3 is 2.90 bits per heavy atom. The number of carbonyl (C=O) groups is 1. The van der Waals surface area contributed by atoms with E-state index in [1.54, 1.807) is 23.1 Å². The first-order valence-electron chi connectivity index (χ1n) is 9.15. The van der Waals surface area contributed by atoms with E-state index in [1.807, 2.05) is 30.0 Å². The Kier molecular flexibility index (Phi) is 5.16. The molecule has 0 aliphatic carbocycles. The molecule has 1 fully saturated rings. The second kappa shape index (κ2) is 7.76. The van der Waals surface area contributed by atoms with Crippen LogP contribution in [0.1, 0.15) is 6.92 Å². The van der Waals surface area contributed by atoms with Crippen LogP contribution in [0.15, 0.2) is 36.8 Å². The van der Waals surface area contributed by atoms with Crippen LogP contribution in [0, 0.1) is 0 Å². The molecule has 1 amide bonds. The lowest BCUT2D eigenvalue weighted by Gasteiger charge is -2.17. The minimum atomic E-state index is -1.16. The Labute approximate surface area is 171 Å². The zero-order valence-corrected chi connectivity index (χ0v) is 16.4. The van der Waals surface area contributed by atoms with E-state index in [2.05, 4.69) is 15.4 Å². The largest absolute Gasteiger partial charge is 0.492 e. The standard InChI is InChI=1S/C19H20ClN5O4/c1-2-29-12-5-13(18-14(20)7-22-25(18)8-12)11-3-4-17(21-6-11)24-9-15(16(26)10-24)23-19(27)28/h3-8,15-16,23,26H,2,9-10H2,1H3,(H,27,28)/t15-,16+/m0/s1. The molecule has 1 aliphatic heterocycles. The van der Waals surface area contributed by atoms with Crippen molar-refractivity contribution in [2.75, 3.05) is 24.6 Å². The highest BCUT2D eigenvalue weighted by atomic mass is 35.5. The zero-order chi connectivity index (χ0) is 20.5. The molecule has 0 radical (unpaired) electrons. The van der Waals surface area contributed by atoms with Gasteiger partial charge in [-0.05, 0) is 25.1 Å². The molecular weight excluding hydrogens is 398 g/mol. The number of aromatic nitrogens is 3. The molecule has 2 atom stereocenters. The number of amides is 1. The molecule has 0 unspecified atom stereocenters. The van der Waals surface area contributed by atoms with Crippen LogP contribution in [0.4, 0.5) is 10.6 Å². The molecule has 0 aromatic carbocycles. The third kappa shape index (κ3) is 3.79. The first-order chi connectivity index (χ1) is 14.0. The van der Waals surface area contributed by atoms with E-state index in [0.717, 1.165) is 16.6 Å². The number of β-amino-alcohol motifs (C(OH)–C–C–N with tert-alkyl or cyclic N) is 1. The van der Waals surface area contributed by atoms with Gasteiger partial charge in [-0.25, -0.2) is 14.3 Å². The molecule has 0 spiro atoms. The van der Waals surface area contributed by atoms with Crippen LogP contribution in [0.3, 0.4) is 0 Å². The number of ether oxygens (including phenoxy) is 1. The van der Waals surface area contributed by atoms with Gasteiger partial charge in [0.2, 0.25) is 0 Å². The minimum Gasteiger partial charge on any atom is -0.492 e. The lowest BCUT2D eigenvalue weighted by Crippen LogP contribution is -2.42. The molecule has 0 saturated carbocycles. The molecule has 3 aromatic heterocycles. The average molecular weight is 418 g/mol. The van der Waals surface area contributed by atoms with Gasteiger partial charge in [0.25, 0.3) is 0 Å². The van der Waals surface area contributed by atoms with E-state index >= 15 is 0 Å². The molecule has 4 heterocycles. The molecule has 29 heavy (non-hydrogen) atoms. The third-order valence-electron chi connectivity index (χ3n) is 4.83. The van der Waals surface area contributed by atoms with E-state index in [9.17, 15) is 9.90 Å². The summed E-state index contributed by atoms with van der Waals surface area (Å²) in [5, 5.41) is 26.1. The highest BCUT2D eigenvalue weighted by molar-refractivity contribution is 6.34. The first-order valence-corrected chi connectivity index (χ1v) is 9.52. The number of pyridine rings is 2. The van der Waals surface area contributed by atoms with Gasteiger partial charge in [-0.1, -0.05) is 11.6 Å². The molecule has 152 valence electrons. The summed E-state index contributed by atoms with van der Waals surface area (Å²) in [6.45, 7) is 3.08. The van der Waals surface area contributed by atoms with Gasteiger partial charge in [-0.3, -0.25) is 0 Å². The number of halogens is 1. The van der Waals surface area contributed by atoms with Gasteiger partial charge in [-0.15, -0.1) is 0 Å². The molecule has 10 heteroatoms. The summed E-state index contributed by atoms with van der Waals surface area (Å²) in [6, 6.07) is 5.08. The van der Waals surface area contributed by atoms with Gasteiger partial charge in [0.05, 0.1) is 41.7 Å². The Bertz CT molecular complexity index is 1040. The summed E-state index contributed by atoms with van der Waals surface area (Å²) in [5.41, 5.74) is 2.43. The Morgan fingerprint density at radius 1 is 1.38 bits per heavy atom. The number of aliphatic hydroxyl groups is 1. The fourth-order valence-electron chi connectivity index (χ4n) is 3.53. The summed E-state index contributed by atoms with van der Waals surface area (Å²) in [5.74, 6) is 1.32. The maximum atomic E-state index is 10.8. The smallest absolute Gasteiger partial charge is 0.405 e. The minimum absolute atomic E-state index is 0.301. The number of hydrogen-bond donors (Lipinski definition) is 3. The van der Waals surface area contributed by atoms with Crippen molar-refractivity contribution in [3.63, 3.8) is 0 Å². The van der Waals surface area contributed by atoms with Crippen LogP contribution in [-0.2, 0) is 0 Å². The van der Waals surface area contributed by atoms with Crippen LogP contribution < -0.4 is 15.0 Å². The van der Waals surface area contributed by atoms with Crippen LogP contribution in [0.2, 0.25) is 5.02 Å². The van der Waals surface area contributed by atoms with Crippen LogP contribution in [0.25, 0.3) is 16.6 Å². The van der Waals surface area contributed by atoms with Gasteiger partial charge >= 0.3 is 6.09 Å². The molecule has 0 bridgehead atoms. The second-order valence-electron chi connectivity index (χ2n) is 6.74. The van der Waals surface area contributed by atoms with Crippen molar-refractivity contribution < 1.29 is 19.7 Å². The van der Waals surface area contributed by atoms with E-state index in [1.165, 1.54) is 0 Å². The quantitative estimate of drug-likeness (QED) is 0.583. The molecular formula is C19H20ClN5O4. The van der Waals surface area contributed by atoms with Crippen molar-refractivity contribution >= 4 is 29.0 Å². The van der Waals surface area contributed by atoms with Gasteiger partial charge in [-0.2, -0.15) is 5.10 Å². The maximum Gasteiger partial charge on any atom is 0.405 e. The van der Waals surface area contributed by atoms with E-state index in [0.29, 0.717) is 36.3 Å². The Morgan fingerprint density at radius 2 is 2.21 bits per heavy atom. The van der Waals surface area contributed by atoms with Crippen molar-refractivity contribution in [1.29, 1.82) is 0 Å². The highest BCUT2D eigenvalue weighted by Crippen LogP contribution is 2.33. The van der Waals surface area contributed by atoms with Crippen molar-refractivity contribution in [1.82, 2.24) is 19.9 Å². The number of nitrogens with one attached hydrogen (secondary N) is 1. The lowest BCUT2D eigenvalue weighted by atomic mass is 10.1. The summed E-state index contributed by atoms with van der Waals surface area (Å²) >= 11 is 6.33. The van der Waals surface area contributed by atoms with Gasteiger partial charge in [0, 0.05) is 30.4 Å². The molecule has 3 N–H and O–H groups in total. The van der Waals surface area contributed by atoms with E-state index in [4.69, 9.17) is 21.4 Å². The second-order valence-corrected chi connectivity index (χ2v) is 7.15. The molecule has 4 rings (SSSR count). The number of aliphatic hydroxyl groups excluding tert-OH is 1. The van der Waals surface area contributed by atoms with Gasteiger partial charge < -0.3 is 25.2 Å². The lowest BCUT2D eigenvalue weighted by molar-refractivity contribution is 0.148. The summed E-state index contributed by atoms with van der Waals surface area (Å²) in [6.07, 6.45) is 3.13. The number of carboxylic acid groups (broad SMARTS) is 1. The van der Waals surface area contributed by atoms with Gasteiger partial charge in [0.15, 0.2) is 0 Å². The third-order valence-corrected chi connectivity index (χ3v) is 5.11. The number of fused-ring (bicyclic) bond motifs is 1. The molecule has 9 nitrogen and oxygen atoms in total. The highest BCUT2D eigenvalue weighted by Gasteiger charge is 2.33. The number of anilines is 1. The monoisotopic (exact) mass is 417 g/mol. The topological polar surface area (TPSA) is 112 Å². The maximum absolute atomic E-state index is 10.8. The normalized spacial score (nSPS) is 18.9. The van der Waals surface area contributed by atoms with E-state index < -0.39 is 18.2 Å². The summed E-state index contributed by atoms with van der Waals surface area (Å²) in [7, 11) is 0. The van der Waals surface area contributed by atoms with Crippen LogP contribution >= 0.6 is 11.6 Å². The van der Waals surface area contributed by atoms with E-state index in [-0.39, 0.29) is 0 Å². The predicted molar refractivity (Wildman–Crippen MR) is 108 cm³/mol.